The Balaban J connectivity index is 2.26. The van der Waals surface area contributed by atoms with Gasteiger partial charge in [-0.1, -0.05) is 0 Å². The molecule has 4 N–H and O–H groups in total. The van der Waals surface area contributed by atoms with Crippen molar-refractivity contribution in [3.05, 3.63) is 0 Å². The van der Waals surface area contributed by atoms with Gasteiger partial charge >= 0.3 is 0 Å². The van der Waals surface area contributed by atoms with E-state index in [0.29, 0.717) is 0 Å². The number of hydrogen-bond donors (Lipinski definition) is 2. The van der Waals surface area contributed by atoms with Gasteiger partial charge in [-0.25, -0.2) is 5.84 Å². The summed E-state index contributed by atoms with van der Waals surface area (Å²) in [6.45, 7) is 0. The van der Waals surface area contributed by atoms with Crippen molar-refractivity contribution in [1.29, 1.82) is 0 Å². The molecule has 1 aliphatic rings. The summed E-state index contributed by atoms with van der Waals surface area (Å²) in [6.07, 6.45) is 0. The van der Waals surface area contributed by atoms with E-state index in [0.717, 1.165) is 0 Å². The van der Waals surface area contributed by atoms with E-state index < -0.39 is 0 Å². The van der Waals surface area contributed by atoms with E-state index in [9.17, 15) is 0 Å². The van der Waals surface area contributed by atoms with Crippen LogP contribution >= 0.6 is 33.7 Å². The quantitative estimate of drug-likeness (QED) is 0.299. The molecular weight excluding hydrogens is 150 g/mol. The molecule has 1 fully saturated rings. The Morgan fingerprint density at radius 2 is 2.29 bits per heavy atom. The molecule has 3 nitrogen and oxygen atoms in total. The van der Waals surface area contributed by atoms with E-state index in [2.05, 4.69) is 0 Å². The summed E-state index contributed by atoms with van der Waals surface area (Å²) in [5.74, 6) is 5.28. The second-order valence-corrected chi connectivity index (χ2v) is 4.84. The molecule has 0 spiro atoms. The van der Waals surface area contributed by atoms with Gasteiger partial charge in [-0.15, -0.1) is 3.82 Å². The maximum Gasteiger partial charge on any atom is 0.126 e. The predicted molar refractivity (Wildman–Crippen MR) is 36.8 cm³/mol. The van der Waals surface area contributed by atoms with E-state index in [-0.39, 0.29) is 4.71 Å². The van der Waals surface area contributed by atoms with Crippen LogP contribution in [0.15, 0.2) is 0 Å². The molecule has 1 saturated heterocycles. The fraction of sp³-hybridized carbons (Fsp3) is 1.00. The Bertz CT molecular complexity index is 59.2. The monoisotopic (exact) mass is 155 g/mol. The first-order valence-electron chi connectivity index (χ1n) is 1.59. The fourth-order valence-electron chi connectivity index (χ4n) is 0.222. The van der Waals surface area contributed by atoms with Crippen LogP contribution in [0.2, 0.25) is 0 Å². The number of nitrogens with zero attached hydrogens (tertiary/aromatic N) is 1. The second-order valence-electron chi connectivity index (χ2n) is 0.930. The number of rotatable bonds is 0. The third-order valence-electron chi connectivity index (χ3n) is 0.419. The van der Waals surface area contributed by atoms with Crippen molar-refractivity contribution in [3.8, 4) is 0 Å². The highest BCUT2D eigenvalue weighted by Crippen LogP contribution is 2.43. The van der Waals surface area contributed by atoms with Crippen molar-refractivity contribution in [3.63, 3.8) is 0 Å². The Hall–Kier alpha value is 0.930. The van der Waals surface area contributed by atoms with Crippen molar-refractivity contribution in [2.75, 3.05) is 0 Å². The molecule has 1 aliphatic heterocycles. The Morgan fingerprint density at radius 1 is 1.57 bits per heavy atom. The molecule has 0 saturated carbocycles. The van der Waals surface area contributed by atoms with E-state index in [1.165, 1.54) is 22.9 Å². The van der Waals surface area contributed by atoms with Crippen molar-refractivity contribution in [1.82, 2.24) is 3.82 Å². The lowest BCUT2D eigenvalue weighted by Crippen LogP contribution is -2.14. The minimum atomic E-state index is 0.120. The van der Waals surface area contributed by atoms with E-state index in [4.69, 9.17) is 11.6 Å². The van der Waals surface area contributed by atoms with Crippen LogP contribution in [0.3, 0.4) is 0 Å². The average Bonchev–Trinajstić information content (AvgIpc) is 1.87. The smallest absolute Gasteiger partial charge is 0.126 e. The highest BCUT2D eigenvalue weighted by Gasteiger charge is 2.18. The number of nitrogens with two attached hydrogens (primary N) is 2. The topological polar surface area (TPSA) is 55.3 Å². The Kier molecular flexibility index (Phi) is 2.14. The van der Waals surface area contributed by atoms with Crippen LogP contribution in [0, 0.1) is 0 Å². The van der Waals surface area contributed by atoms with Crippen LogP contribution in [0.5, 0.6) is 0 Å². The zero-order chi connectivity index (χ0) is 5.28. The standard InChI is InChI=1S/CH5N3S3/c2-1-5-4(3)7-6-1/h1H,2-3H2. The molecule has 0 bridgehead atoms. The van der Waals surface area contributed by atoms with Crippen LogP contribution in [0.1, 0.15) is 0 Å². The number of hydrazine groups is 1. The first kappa shape index (κ1) is 6.06. The molecule has 6 heteroatoms. The van der Waals surface area contributed by atoms with E-state index >= 15 is 0 Å². The molecule has 1 rings (SSSR count). The summed E-state index contributed by atoms with van der Waals surface area (Å²) in [4.78, 5) is 0. The molecule has 7 heavy (non-hydrogen) atoms. The molecule has 1 heterocycles. The van der Waals surface area contributed by atoms with Gasteiger partial charge in [0.25, 0.3) is 0 Å². The van der Waals surface area contributed by atoms with Crippen LogP contribution in [-0.2, 0) is 0 Å². The Labute approximate surface area is 54.2 Å². The normalized spacial score (nSPS) is 34.3. The predicted octanol–water partition coefficient (Wildman–Crippen LogP) is 0.363. The van der Waals surface area contributed by atoms with Gasteiger partial charge in [0.05, 0.1) is 0 Å². The molecule has 1 unspecified atom stereocenters. The maximum absolute atomic E-state index is 5.41. The van der Waals surface area contributed by atoms with Gasteiger partial charge in [-0.05, 0) is 22.7 Å². The summed E-state index contributed by atoms with van der Waals surface area (Å²) in [7, 11) is 3.03. The van der Waals surface area contributed by atoms with Gasteiger partial charge in [-0.3, -0.25) is 0 Å². The molecular formula is CH5N3S3. The average molecular weight is 155 g/mol. The first-order chi connectivity index (χ1) is 3.29. The molecule has 0 aromatic rings. The zero-order valence-electron chi connectivity index (χ0n) is 3.40. The van der Waals surface area contributed by atoms with E-state index in [1.807, 2.05) is 0 Å². The van der Waals surface area contributed by atoms with Gasteiger partial charge in [-0.2, -0.15) is 0 Å². The van der Waals surface area contributed by atoms with Gasteiger partial charge in [0.1, 0.15) is 4.71 Å². The molecule has 1 atom stereocenters. The van der Waals surface area contributed by atoms with Gasteiger partial charge in [0, 0.05) is 11.0 Å². The molecule has 42 valence electrons. The summed E-state index contributed by atoms with van der Waals surface area (Å²) < 4.78 is 1.67. The van der Waals surface area contributed by atoms with Crippen LogP contribution in [0.25, 0.3) is 0 Å². The molecule has 0 aromatic carbocycles. The van der Waals surface area contributed by atoms with Crippen molar-refractivity contribution in [2.45, 2.75) is 4.71 Å². The van der Waals surface area contributed by atoms with Crippen molar-refractivity contribution in [2.24, 2.45) is 11.6 Å². The minimum absolute atomic E-state index is 0.120. The lowest BCUT2D eigenvalue weighted by Gasteiger charge is -1.97. The third kappa shape index (κ3) is 1.71. The maximum atomic E-state index is 5.41. The highest BCUT2D eigenvalue weighted by molar-refractivity contribution is 8.81. The SMILES string of the molecule is NC1SSN(N)S1. The Morgan fingerprint density at radius 3 is 2.43 bits per heavy atom. The molecule has 0 aliphatic carbocycles. The highest BCUT2D eigenvalue weighted by atomic mass is 33.1. The molecule has 0 amide bonds. The summed E-state index contributed by atoms with van der Waals surface area (Å²) in [6, 6.07) is 0. The van der Waals surface area contributed by atoms with Crippen molar-refractivity contribution < 1.29 is 0 Å². The van der Waals surface area contributed by atoms with Crippen LogP contribution in [0.4, 0.5) is 0 Å². The molecule has 0 aromatic heterocycles. The summed E-state index contributed by atoms with van der Waals surface area (Å²) in [5, 5.41) is 0. The van der Waals surface area contributed by atoms with Crippen LogP contribution < -0.4 is 11.6 Å². The van der Waals surface area contributed by atoms with Gasteiger partial charge in [0.15, 0.2) is 0 Å². The summed E-state index contributed by atoms with van der Waals surface area (Å²) in [5.41, 5.74) is 5.41. The number of hydrogen-bond acceptors (Lipinski definition) is 6. The lowest BCUT2D eigenvalue weighted by atomic mass is 11.5. The third-order valence-corrected chi connectivity index (χ3v) is 4.30. The van der Waals surface area contributed by atoms with Gasteiger partial charge in [0.2, 0.25) is 0 Å². The second kappa shape index (κ2) is 2.47. The zero-order valence-corrected chi connectivity index (χ0v) is 5.85. The fourth-order valence-corrected chi connectivity index (χ4v) is 3.37. The lowest BCUT2D eigenvalue weighted by molar-refractivity contribution is 0.827. The molecule has 0 radical (unpaired) electrons. The van der Waals surface area contributed by atoms with E-state index in [1.54, 1.807) is 14.6 Å². The van der Waals surface area contributed by atoms with Gasteiger partial charge < -0.3 is 5.73 Å². The largest absolute Gasteiger partial charge is 0.309 e. The van der Waals surface area contributed by atoms with Crippen molar-refractivity contribution >= 4 is 33.7 Å². The first-order valence-corrected chi connectivity index (χ1v) is 4.60. The van der Waals surface area contributed by atoms with Crippen LogP contribution in [-0.4, -0.2) is 8.53 Å². The minimum Gasteiger partial charge on any atom is -0.309 e. The summed E-state index contributed by atoms with van der Waals surface area (Å²) >= 11 is 1.44.